The van der Waals surface area contributed by atoms with E-state index in [2.05, 4.69) is 121 Å². The van der Waals surface area contributed by atoms with Gasteiger partial charge in [0, 0.05) is 0 Å². The second kappa shape index (κ2) is 11.5. The van der Waals surface area contributed by atoms with Gasteiger partial charge in [-0.25, -0.2) is 0 Å². The lowest BCUT2D eigenvalue weighted by Crippen LogP contribution is -2.30. The van der Waals surface area contributed by atoms with Gasteiger partial charge in [0.25, 0.3) is 0 Å². The molecule has 0 fully saturated rings. The first-order valence-corrected chi connectivity index (χ1v) is 12.0. The summed E-state index contributed by atoms with van der Waals surface area (Å²) >= 11 is 0. The van der Waals surface area contributed by atoms with E-state index in [0.29, 0.717) is 0 Å². The molecule has 32 heavy (non-hydrogen) atoms. The number of benzene rings is 4. The molecule has 0 aliphatic rings. The highest BCUT2D eigenvalue weighted by molar-refractivity contribution is 5.30. The van der Waals surface area contributed by atoms with Gasteiger partial charge in [0.2, 0.25) is 0 Å². The van der Waals surface area contributed by atoms with E-state index in [0.717, 1.165) is 19.3 Å². The average Bonchev–Trinajstić information content (AvgIpc) is 2.86. The lowest BCUT2D eigenvalue weighted by molar-refractivity contribution is 0.341. The van der Waals surface area contributed by atoms with Crippen LogP contribution in [0, 0.1) is 0 Å². The van der Waals surface area contributed by atoms with Crippen LogP contribution < -0.4 is 0 Å². The summed E-state index contributed by atoms with van der Waals surface area (Å²) in [6.07, 6.45) is 8.20. The van der Waals surface area contributed by atoms with Crippen molar-refractivity contribution in [1.29, 1.82) is 0 Å². The van der Waals surface area contributed by atoms with Crippen LogP contribution in [0.2, 0.25) is 0 Å². The Bertz CT molecular complexity index is 975. The van der Waals surface area contributed by atoms with E-state index in [1.54, 1.807) is 0 Å². The molecular formula is C32H34. The zero-order valence-electron chi connectivity index (χ0n) is 19.0. The van der Waals surface area contributed by atoms with Crippen LogP contribution in [0.4, 0.5) is 0 Å². The van der Waals surface area contributed by atoms with Crippen LogP contribution >= 0.6 is 0 Å². The molecule has 0 radical (unpaired) electrons. The van der Waals surface area contributed by atoms with Crippen molar-refractivity contribution < 1.29 is 0 Å². The Hall–Kier alpha value is -3.12. The molecule has 0 nitrogen and oxygen atoms in total. The summed E-state index contributed by atoms with van der Waals surface area (Å²) in [5.74, 6) is 0. The number of rotatable bonds is 11. The van der Waals surface area contributed by atoms with Crippen molar-refractivity contribution in [2.45, 2.75) is 50.4 Å². The molecule has 0 aliphatic carbocycles. The quantitative estimate of drug-likeness (QED) is 0.230. The normalized spacial score (nSPS) is 11.4. The second-order valence-electron chi connectivity index (χ2n) is 8.99. The smallest absolute Gasteiger partial charge is 0.000643 e. The molecular weight excluding hydrogens is 384 g/mol. The van der Waals surface area contributed by atoms with Gasteiger partial charge in [-0.3, -0.25) is 0 Å². The molecule has 0 N–H and O–H groups in total. The van der Waals surface area contributed by atoms with Gasteiger partial charge in [0.05, 0.1) is 0 Å². The van der Waals surface area contributed by atoms with Crippen molar-refractivity contribution in [3.63, 3.8) is 0 Å². The molecule has 4 rings (SSSR count). The summed E-state index contributed by atoms with van der Waals surface area (Å²) in [5.41, 5.74) is 5.98. The monoisotopic (exact) mass is 418 g/mol. The maximum Gasteiger partial charge on any atom is -0.000643 e. The van der Waals surface area contributed by atoms with Crippen LogP contribution in [0.5, 0.6) is 0 Å². The van der Waals surface area contributed by atoms with E-state index in [9.17, 15) is 0 Å². The molecule has 0 unspecified atom stereocenters. The van der Waals surface area contributed by atoms with E-state index in [1.165, 1.54) is 47.9 Å². The van der Waals surface area contributed by atoms with Crippen molar-refractivity contribution in [3.05, 3.63) is 144 Å². The highest BCUT2D eigenvalue weighted by atomic mass is 14.4. The lowest BCUT2D eigenvalue weighted by atomic mass is 9.68. The van der Waals surface area contributed by atoms with Gasteiger partial charge in [-0.05, 0) is 72.6 Å². The van der Waals surface area contributed by atoms with Gasteiger partial charge in [0.1, 0.15) is 0 Å². The molecule has 0 bridgehead atoms. The molecule has 162 valence electrons. The first-order chi connectivity index (χ1) is 15.8. The third-order valence-corrected chi connectivity index (χ3v) is 6.70. The van der Waals surface area contributed by atoms with Gasteiger partial charge in [-0.15, -0.1) is 0 Å². The molecule has 0 atom stereocenters. The zero-order valence-corrected chi connectivity index (χ0v) is 19.0. The van der Waals surface area contributed by atoms with Crippen LogP contribution in [-0.4, -0.2) is 0 Å². The maximum absolute atomic E-state index is 2.36. The molecule has 0 aliphatic heterocycles. The van der Waals surface area contributed by atoms with Crippen LogP contribution in [0.25, 0.3) is 0 Å². The van der Waals surface area contributed by atoms with E-state index in [1.807, 2.05) is 0 Å². The fraction of sp³-hybridized carbons (Fsp3) is 0.250. The Morgan fingerprint density at radius 3 is 1.22 bits per heavy atom. The van der Waals surface area contributed by atoms with Gasteiger partial charge >= 0.3 is 0 Å². The standard InChI is InChI=1S/C32H34/c1-5-15-28(16-6-1)21-13-25-32(31-23-11-4-12-24-31,27-30-19-9-3-10-20-30)26-14-22-29-17-7-2-8-18-29/h1-12,15-20,23-24H,13-14,21-22,25-27H2. The maximum atomic E-state index is 2.36. The Kier molecular flexibility index (Phi) is 7.93. The minimum Gasteiger partial charge on any atom is -0.0622 e. The minimum absolute atomic E-state index is 0.159. The largest absolute Gasteiger partial charge is 0.0622 e. The Labute approximate surface area is 194 Å². The number of aryl methyl sites for hydroxylation is 2. The van der Waals surface area contributed by atoms with E-state index < -0.39 is 0 Å². The predicted molar refractivity (Wildman–Crippen MR) is 137 cm³/mol. The van der Waals surface area contributed by atoms with Crippen molar-refractivity contribution in [3.8, 4) is 0 Å². The van der Waals surface area contributed by atoms with Crippen LogP contribution in [0.15, 0.2) is 121 Å². The van der Waals surface area contributed by atoms with Crippen LogP contribution in [0.3, 0.4) is 0 Å². The zero-order chi connectivity index (χ0) is 21.9. The molecule has 0 saturated carbocycles. The molecule has 4 aromatic carbocycles. The topological polar surface area (TPSA) is 0 Å². The summed E-state index contributed by atoms with van der Waals surface area (Å²) < 4.78 is 0. The van der Waals surface area contributed by atoms with Gasteiger partial charge in [0.15, 0.2) is 0 Å². The van der Waals surface area contributed by atoms with E-state index in [4.69, 9.17) is 0 Å². The lowest BCUT2D eigenvalue weighted by Gasteiger charge is -2.35. The molecule has 0 heteroatoms. The average molecular weight is 419 g/mol. The van der Waals surface area contributed by atoms with Gasteiger partial charge in [-0.2, -0.15) is 0 Å². The third-order valence-electron chi connectivity index (χ3n) is 6.70. The summed E-state index contributed by atoms with van der Waals surface area (Å²) in [5, 5.41) is 0. The molecule has 4 aromatic rings. The van der Waals surface area contributed by atoms with Crippen LogP contribution in [0.1, 0.15) is 47.9 Å². The van der Waals surface area contributed by atoms with E-state index >= 15 is 0 Å². The van der Waals surface area contributed by atoms with Gasteiger partial charge < -0.3 is 0 Å². The Morgan fingerprint density at radius 1 is 0.406 bits per heavy atom. The molecule has 0 saturated heterocycles. The van der Waals surface area contributed by atoms with Crippen molar-refractivity contribution in [1.82, 2.24) is 0 Å². The Morgan fingerprint density at radius 2 is 0.781 bits per heavy atom. The highest BCUT2D eigenvalue weighted by Gasteiger charge is 2.31. The number of hydrogen-bond acceptors (Lipinski definition) is 0. The van der Waals surface area contributed by atoms with Crippen molar-refractivity contribution >= 4 is 0 Å². The minimum atomic E-state index is 0.159. The molecule has 0 spiro atoms. The first kappa shape index (κ1) is 22.1. The predicted octanol–water partition coefficient (Wildman–Crippen LogP) is 8.21. The van der Waals surface area contributed by atoms with Crippen molar-refractivity contribution in [2.24, 2.45) is 0 Å². The number of hydrogen-bond donors (Lipinski definition) is 0. The second-order valence-corrected chi connectivity index (χ2v) is 8.99. The Balaban J connectivity index is 1.57. The third kappa shape index (κ3) is 6.20. The summed E-state index contributed by atoms with van der Waals surface area (Å²) in [6.45, 7) is 0. The fourth-order valence-corrected chi connectivity index (χ4v) is 5.02. The summed E-state index contributed by atoms with van der Waals surface area (Å²) in [7, 11) is 0. The van der Waals surface area contributed by atoms with Crippen LogP contribution in [-0.2, 0) is 24.7 Å². The van der Waals surface area contributed by atoms with Gasteiger partial charge in [-0.1, -0.05) is 121 Å². The molecule has 0 amide bonds. The fourth-order valence-electron chi connectivity index (χ4n) is 5.02. The summed E-state index contributed by atoms with van der Waals surface area (Å²) in [4.78, 5) is 0. The first-order valence-electron chi connectivity index (χ1n) is 12.0. The SMILES string of the molecule is c1ccc(CCCC(CCCc2ccccc2)(Cc2ccccc2)c2ccccc2)cc1. The molecule has 0 heterocycles. The summed E-state index contributed by atoms with van der Waals surface area (Å²) in [6, 6.07) is 44.2. The molecule has 0 aromatic heterocycles. The highest BCUT2D eigenvalue weighted by Crippen LogP contribution is 2.39. The van der Waals surface area contributed by atoms with Crippen molar-refractivity contribution in [2.75, 3.05) is 0 Å². The van der Waals surface area contributed by atoms with E-state index in [-0.39, 0.29) is 5.41 Å².